The number of hydrogen-bond acceptors (Lipinski definition) is 5. The van der Waals surface area contributed by atoms with Crippen molar-refractivity contribution in [2.24, 2.45) is 0 Å². The molecule has 0 unspecified atom stereocenters. The first kappa shape index (κ1) is 19.5. The highest BCUT2D eigenvalue weighted by molar-refractivity contribution is 5.86. The third-order valence-corrected chi connectivity index (χ3v) is 5.85. The molecule has 0 radical (unpaired) electrons. The minimum atomic E-state index is -0.0756. The Bertz CT molecular complexity index is 1220. The molecule has 6 heteroatoms. The van der Waals surface area contributed by atoms with Crippen LogP contribution in [0.25, 0.3) is 10.9 Å². The Balaban J connectivity index is 1.32. The topological polar surface area (TPSA) is 73.4 Å². The summed E-state index contributed by atoms with van der Waals surface area (Å²) in [5, 5.41) is 14.0. The Morgan fingerprint density at radius 2 is 2.06 bits per heavy atom. The summed E-state index contributed by atoms with van der Waals surface area (Å²) < 4.78 is 5.96. The van der Waals surface area contributed by atoms with Crippen molar-refractivity contribution in [3.05, 3.63) is 77.7 Å². The number of aliphatic hydroxyl groups is 1. The molecule has 3 heterocycles. The van der Waals surface area contributed by atoms with E-state index in [4.69, 9.17) is 4.74 Å². The maximum absolute atomic E-state index is 9.29. The maximum Gasteiger partial charge on any atom is 0.144 e. The van der Waals surface area contributed by atoms with Crippen molar-refractivity contribution in [3.8, 4) is 5.75 Å². The molecule has 0 fully saturated rings. The van der Waals surface area contributed by atoms with E-state index in [-0.39, 0.29) is 6.61 Å². The first-order valence-corrected chi connectivity index (χ1v) is 10.6. The molecule has 0 amide bonds. The van der Waals surface area contributed by atoms with E-state index < -0.39 is 0 Å². The number of H-pyrrole nitrogens is 1. The second kappa shape index (κ2) is 8.32. The van der Waals surface area contributed by atoms with Crippen LogP contribution in [-0.2, 0) is 13.0 Å². The zero-order valence-electron chi connectivity index (χ0n) is 17.6. The third-order valence-electron chi connectivity index (χ3n) is 5.85. The van der Waals surface area contributed by atoms with Crippen LogP contribution in [0.1, 0.15) is 16.8 Å². The third kappa shape index (κ3) is 3.94. The van der Waals surface area contributed by atoms with Crippen molar-refractivity contribution >= 4 is 28.0 Å². The number of ether oxygens (including phenoxy) is 1. The number of pyridine rings is 1. The van der Waals surface area contributed by atoms with Gasteiger partial charge in [0.05, 0.1) is 24.5 Å². The second-order valence-corrected chi connectivity index (χ2v) is 7.90. The van der Waals surface area contributed by atoms with Gasteiger partial charge < -0.3 is 25.0 Å². The smallest absolute Gasteiger partial charge is 0.144 e. The van der Waals surface area contributed by atoms with Gasteiger partial charge in [0.15, 0.2) is 0 Å². The van der Waals surface area contributed by atoms with Gasteiger partial charge in [-0.1, -0.05) is 18.2 Å². The van der Waals surface area contributed by atoms with Crippen LogP contribution in [0.3, 0.4) is 0 Å². The molecule has 3 N–H and O–H groups in total. The number of aliphatic hydroxyl groups excluding tert-OH is 1. The maximum atomic E-state index is 9.29. The summed E-state index contributed by atoms with van der Waals surface area (Å²) in [5.74, 6) is 0.891. The summed E-state index contributed by atoms with van der Waals surface area (Å²) in [6.45, 7) is 4.56. The van der Waals surface area contributed by atoms with Crippen LogP contribution >= 0.6 is 0 Å². The van der Waals surface area contributed by atoms with E-state index in [1.807, 2.05) is 18.2 Å². The fourth-order valence-corrected chi connectivity index (χ4v) is 4.22. The highest BCUT2D eigenvalue weighted by Crippen LogP contribution is 2.35. The minimum Gasteiger partial charge on any atom is -0.489 e. The summed E-state index contributed by atoms with van der Waals surface area (Å²) in [6.07, 6.45) is 4.81. The lowest BCUT2D eigenvalue weighted by Crippen LogP contribution is -2.34. The molecule has 0 saturated carbocycles. The summed E-state index contributed by atoms with van der Waals surface area (Å²) in [5.41, 5.74) is 7.46. The van der Waals surface area contributed by atoms with Crippen LogP contribution in [0.4, 0.5) is 17.1 Å². The van der Waals surface area contributed by atoms with E-state index in [9.17, 15) is 5.11 Å². The van der Waals surface area contributed by atoms with Crippen LogP contribution < -0.4 is 15.0 Å². The zero-order valence-corrected chi connectivity index (χ0v) is 17.6. The molecule has 1 aliphatic heterocycles. The molecular weight excluding hydrogens is 388 g/mol. The number of nitrogens with zero attached hydrogens (tertiary/aromatic N) is 2. The average Bonchev–Trinajstić information content (AvgIpc) is 3.22. The number of fused-ring (bicyclic) bond motifs is 2. The van der Waals surface area contributed by atoms with E-state index in [2.05, 4.69) is 63.6 Å². The Kier molecular flexibility index (Phi) is 5.22. The van der Waals surface area contributed by atoms with E-state index in [1.54, 1.807) is 6.20 Å². The lowest BCUT2D eigenvalue weighted by Gasteiger charge is -2.31. The predicted molar refractivity (Wildman–Crippen MR) is 124 cm³/mol. The van der Waals surface area contributed by atoms with Gasteiger partial charge in [-0.3, -0.25) is 4.98 Å². The van der Waals surface area contributed by atoms with Gasteiger partial charge in [-0.05, 0) is 48.7 Å². The largest absolute Gasteiger partial charge is 0.489 e. The molecular formula is C25H26N4O2. The molecule has 5 rings (SSSR count). The van der Waals surface area contributed by atoms with Gasteiger partial charge in [0, 0.05) is 47.3 Å². The summed E-state index contributed by atoms with van der Waals surface area (Å²) in [7, 11) is 0. The van der Waals surface area contributed by atoms with E-state index in [0.717, 1.165) is 42.3 Å². The van der Waals surface area contributed by atoms with Gasteiger partial charge in [-0.15, -0.1) is 0 Å². The highest BCUT2D eigenvalue weighted by Gasteiger charge is 2.19. The van der Waals surface area contributed by atoms with Crippen molar-refractivity contribution in [2.75, 3.05) is 29.9 Å². The zero-order chi connectivity index (χ0) is 21.2. The molecule has 0 saturated heterocycles. The Morgan fingerprint density at radius 3 is 2.97 bits per heavy atom. The van der Waals surface area contributed by atoms with Gasteiger partial charge >= 0.3 is 0 Å². The highest BCUT2D eigenvalue weighted by atomic mass is 16.5. The quantitative estimate of drug-likeness (QED) is 0.432. The Labute approximate surface area is 181 Å². The standard InChI is InChI=1S/C25H26N4O2/c1-17-3-2-4-22-18(15-27-25(17)22)8-10-29-11-12-31-24-14-19(5-6-23(24)29)28-20-7-9-26-21(13-20)16-30/h2-7,9,13-15,27,30H,8,10-12,16H2,1H3,(H,26,28). The summed E-state index contributed by atoms with van der Waals surface area (Å²) >= 11 is 0. The van der Waals surface area contributed by atoms with Gasteiger partial charge in [0.2, 0.25) is 0 Å². The SMILES string of the molecule is Cc1cccc2c(CCN3CCOc4cc(Nc5ccnc(CO)c5)ccc43)c[nH]c12. The number of aromatic nitrogens is 2. The Hall–Kier alpha value is -3.51. The van der Waals surface area contributed by atoms with Gasteiger partial charge in [-0.2, -0.15) is 0 Å². The van der Waals surface area contributed by atoms with Crippen molar-refractivity contribution in [1.29, 1.82) is 0 Å². The number of para-hydroxylation sites is 1. The lowest BCUT2D eigenvalue weighted by atomic mass is 10.1. The van der Waals surface area contributed by atoms with Crippen molar-refractivity contribution in [3.63, 3.8) is 0 Å². The fourth-order valence-electron chi connectivity index (χ4n) is 4.22. The molecule has 0 atom stereocenters. The van der Waals surface area contributed by atoms with Crippen LogP contribution in [0, 0.1) is 6.92 Å². The Morgan fingerprint density at radius 1 is 1.16 bits per heavy atom. The van der Waals surface area contributed by atoms with E-state index in [0.29, 0.717) is 12.3 Å². The van der Waals surface area contributed by atoms with E-state index >= 15 is 0 Å². The molecule has 31 heavy (non-hydrogen) atoms. The summed E-state index contributed by atoms with van der Waals surface area (Å²) in [6, 6.07) is 16.4. The van der Waals surface area contributed by atoms with Crippen LogP contribution in [-0.4, -0.2) is 34.8 Å². The molecule has 2 aromatic carbocycles. The second-order valence-electron chi connectivity index (χ2n) is 7.90. The number of aryl methyl sites for hydroxylation is 1. The first-order chi connectivity index (χ1) is 15.2. The molecule has 0 aliphatic carbocycles. The predicted octanol–water partition coefficient (Wildman–Crippen LogP) is 4.55. The molecule has 1 aliphatic rings. The number of hydrogen-bond donors (Lipinski definition) is 3. The molecule has 0 spiro atoms. The molecule has 158 valence electrons. The average molecular weight is 415 g/mol. The van der Waals surface area contributed by atoms with Gasteiger partial charge in [-0.25, -0.2) is 0 Å². The molecule has 4 aromatic rings. The molecule has 6 nitrogen and oxygen atoms in total. The van der Waals surface area contributed by atoms with Crippen LogP contribution in [0.2, 0.25) is 0 Å². The van der Waals surface area contributed by atoms with E-state index in [1.165, 1.54) is 22.0 Å². The molecule has 2 aromatic heterocycles. The van der Waals surface area contributed by atoms with Crippen molar-refractivity contribution in [1.82, 2.24) is 9.97 Å². The number of benzene rings is 2. The lowest BCUT2D eigenvalue weighted by molar-refractivity contribution is 0.277. The molecule has 0 bridgehead atoms. The fraction of sp³-hybridized carbons (Fsp3) is 0.240. The number of anilines is 3. The normalized spacial score (nSPS) is 13.2. The van der Waals surface area contributed by atoms with Crippen LogP contribution in [0.15, 0.2) is 60.9 Å². The minimum absolute atomic E-state index is 0.0756. The summed E-state index contributed by atoms with van der Waals surface area (Å²) in [4.78, 5) is 9.95. The number of rotatable bonds is 6. The first-order valence-electron chi connectivity index (χ1n) is 10.6. The van der Waals surface area contributed by atoms with Gasteiger partial charge in [0.25, 0.3) is 0 Å². The van der Waals surface area contributed by atoms with Gasteiger partial charge in [0.1, 0.15) is 12.4 Å². The monoisotopic (exact) mass is 414 g/mol. The van der Waals surface area contributed by atoms with Crippen molar-refractivity contribution in [2.45, 2.75) is 20.0 Å². The number of aromatic amines is 1. The van der Waals surface area contributed by atoms with Crippen molar-refractivity contribution < 1.29 is 9.84 Å². The number of nitrogens with one attached hydrogen (secondary N) is 2. The van der Waals surface area contributed by atoms with Crippen LogP contribution in [0.5, 0.6) is 5.75 Å².